The number of halogens is 1. The monoisotopic (exact) mass is 216 g/mol. The molecular weight excluding hydrogens is 204 g/mol. The van der Waals surface area contributed by atoms with Gasteiger partial charge in [-0.2, -0.15) is 11.8 Å². The van der Waals surface area contributed by atoms with Gasteiger partial charge in [0.05, 0.1) is 6.61 Å². The topological polar surface area (TPSA) is 9.23 Å². The summed E-state index contributed by atoms with van der Waals surface area (Å²) in [5.74, 6) is 1.86. The van der Waals surface area contributed by atoms with Gasteiger partial charge in [0.1, 0.15) is 5.75 Å². The number of hydrogen-bond acceptors (Lipinski definition) is 2. The lowest BCUT2D eigenvalue weighted by Crippen LogP contribution is -1.99. The molecule has 3 heteroatoms. The lowest BCUT2D eigenvalue weighted by atomic mass is 10.2. The summed E-state index contributed by atoms with van der Waals surface area (Å²) in [6, 6.07) is 5.77. The van der Waals surface area contributed by atoms with Crippen LogP contribution < -0.4 is 4.74 Å². The summed E-state index contributed by atoms with van der Waals surface area (Å²) >= 11 is 7.71. The van der Waals surface area contributed by atoms with Gasteiger partial charge in [-0.05, 0) is 30.9 Å². The predicted molar refractivity (Wildman–Crippen MR) is 60.1 cm³/mol. The van der Waals surface area contributed by atoms with Crippen molar-refractivity contribution in [3.05, 3.63) is 28.8 Å². The van der Waals surface area contributed by atoms with Gasteiger partial charge < -0.3 is 4.74 Å². The molecule has 0 aliphatic rings. The van der Waals surface area contributed by atoms with Gasteiger partial charge in [-0.1, -0.05) is 17.7 Å². The molecule has 72 valence electrons. The molecule has 0 unspecified atom stereocenters. The first-order valence-corrected chi connectivity index (χ1v) is 5.89. The number of benzene rings is 1. The van der Waals surface area contributed by atoms with Crippen LogP contribution in [0.25, 0.3) is 0 Å². The summed E-state index contributed by atoms with van der Waals surface area (Å²) < 4.78 is 5.48. The Kier molecular flexibility index (Phi) is 4.46. The third kappa shape index (κ3) is 3.49. The minimum atomic E-state index is 0.737. The summed E-state index contributed by atoms with van der Waals surface area (Å²) in [5.41, 5.74) is 1.08. The minimum absolute atomic E-state index is 0.737. The minimum Gasteiger partial charge on any atom is -0.493 e. The molecule has 0 aliphatic carbocycles. The van der Waals surface area contributed by atoms with E-state index in [1.54, 1.807) is 11.8 Å². The van der Waals surface area contributed by atoms with Gasteiger partial charge in [0, 0.05) is 10.8 Å². The lowest BCUT2D eigenvalue weighted by Gasteiger charge is -2.06. The average Bonchev–Trinajstić information content (AvgIpc) is 2.12. The zero-order valence-electron chi connectivity index (χ0n) is 7.84. The lowest BCUT2D eigenvalue weighted by molar-refractivity contribution is 0.344. The van der Waals surface area contributed by atoms with Gasteiger partial charge in [0.2, 0.25) is 0 Å². The molecule has 1 rings (SSSR count). The second kappa shape index (κ2) is 5.40. The van der Waals surface area contributed by atoms with E-state index in [4.69, 9.17) is 16.3 Å². The average molecular weight is 217 g/mol. The van der Waals surface area contributed by atoms with Crippen LogP contribution in [0.15, 0.2) is 18.2 Å². The maximum Gasteiger partial charge on any atom is 0.120 e. The first-order valence-electron chi connectivity index (χ1n) is 4.12. The number of aryl methyl sites for hydroxylation is 1. The fourth-order valence-corrected chi connectivity index (χ4v) is 1.33. The van der Waals surface area contributed by atoms with Crippen LogP contribution in [0.4, 0.5) is 0 Å². The molecule has 1 aromatic rings. The Morgan fingerprint density at radius 1 is 1.46 bits per heavy atom. The van der Waals surface area contributed by atoms with Crippen molar-refractivity contribution in [1.82, 2.24) is 0 Å². The van der Waals surface area contributed by atoms with Crippen molar-refractivity contribution in [3.63, 3.8) is 0 Å². The normalized spacial score (nSPS) is 10.1. The maximum atomic E-state index is 5.94. The first-order chi connectivity index (χ1) is 6.24. The SMILES string of the molecule is CSCCOc1ccc(C)c(Cl)c1. The summed E-state index contributed by atoms with van der Waals surface area (Å²) in [5, 5.41) is 0.765. The van der Waals surface area contributed by atoms with Gasteiger partial charge in [0.25, 0.3) is 0 Å². The zero-order chi connectivity index (χ0) is 9.68. The van der Waals surface area contributed by atoms with E-state index < -0.39 is 0 Å². The number of thioether (sulfide) groups is 1. The van der Waals surface area contributed by atoms with Crippen molar-refractivity contribution < 1.29 is 4.74 Å². The number of rotatable bonds is 4. The molecular formula is C10H13ClOS. The van der Waals surface area contributed by atoms with Gasteiger partial charge in [-0.25, -0.2) is 0 Å². The Hall–Kier alpha value is -0.340. The molecule has 0 aliphatic heterocycles. The van der Waals surface area contributed by atoms with Crippen LogP contribution in [-0.2, 0) is 0 Å². The number of ether oxygens (including phenoxy) is 1. The Morgan fingerprint density at radius 3 is 2.85 bits per heavy atom. The first kappa shape index (κ1) is 10.7. The molecule has 1 aromatic carbocycles. The molecule has 0 heterocycles. The van der Waals surface area contributed by atoms with Crippen LogP contribution >= 0.6 is 23.4 Å². The smallest absolute Gasteiger partial charge is 0.120 e. The van der Waals surface area contributed by atoms with Crippen LogP contribution in [0.3, 0.4) is 0 Å². The highest BCUT2D eigenvalue weighted by Crippen LogP contribution is 2.21. The molecule has 0 N–H and O–H groups in total. The van der Waals surface area contributed by atoms with Crippen molar-refractivity contribution in [2.75, 3.05) is 18.6 Å². The van der Waals surface area contributed by atoms with E-state index >= 15 is 0 Å². The highest BCUT2D eigenvalue weighted by atomic mass is 35.5. The van der Waals surface area contributed by atoms with E-state index in [-0.39, 0.29) is 0 Å². The third-order valence-corrected chi connectivity index (χ3v) is 2.68. The predicted octanol–water partition coefficient (Wildman–Crippen LogP) is 3.39. The second-order valence-corrected chi connectivity index (χ2v) is 4.15. The van der Waals surface area contributed by atoms with Crippen LogP contribution in [0.5, 0.6) is 5.75 Å². The third-order valence-electron chi connectivity index (χ3n) is 1.70. The summed E-state index contributed by atoms with van der Waals surface area (Å²) in [6.07, 6.45) is 2.06. The van der Waals surface area contributed by atoms with Crippen LogP contribution in [-0.4, -0.2) is 18.6 Å². The van der Waals surface area contributed by atoms with Crippen LogP contribution in [0.2, 0.25) is 5.02 Å². The molecule has 0 atom stereocenters. The van der Waals surface area contributed by atoms with E-state index in [2.05, 4.69) is 6.26 Å². The number of hydrogen-bond donors (Lipinski definition) is 0. The van der Waals surface area contributed by atoms with Crippen molar-refractivity contribution >= 4 is 23.4 Å². The van der Waals surface area contributed by atoms with Crippen LogP contribution in [0.1, 0.15) is 5.56 Å². The van der Waals surface area contributed by atoms with Gasteiger partial charge in [-0.3, -0.25) is 0 Å². The summed E-state index contributed by atoms with van der Waals surface area (Å²) in [4.78, 5) is 0. The molecule has 0 fully saturated rings. The van der Waals surface area contributed by atoms with Crippen molar-refractivity contribution in [2.45, 2.75) is 6.92 Å². The Bertz CT molecular complexity index is 276. The highest BCUT2D eigenvalue weighted by Gasteiger charge is 1.97. The Labute approximate surface area is 88.4 Å². The fraction of sp³-hybridized carbons (Fsp3) is 0.400. The largest absolute Gasteiger partial charge is 0.493 e. The molecule has 0 amide bonds. The van der Waals surface area contributed by atoms with Gasteiger partial charge in [-0.15, -0.1) is 0 Å². The van der Waals surface area contributed by atoms with E-state index in [0.29, 0.717) is 0 Å². The van der Waals surface area contributed by atoms with E-state index in [1.807, 2.05) is 25.1 Å². The van der Waals surface area contributed by atoms with Crippen molar-refractivity contribution in [3.8, 4) is 5.75 Å². The summed E-state index contributed by atoms with van der Waals surface area (Å²) in [7, 11) is 0. The molecule has 0 bridgehead atoms. The molecule has 0 aromatic heterocycles. The second-order valence-electron chi connectivity index (χ2n) is 2.75. The Balaban J connectivity index is 2.53. The van der Waals surface area contributed by atoms with Gasteiger partial charge >= 0.3 is 0 Å². The van der Waals surface area contributed by atoms with Crippen LogP contribution in [0, 0.1) is 6.92 Å². The van der Waals surface area contributed by atoms with E-state index in [1.165, 1.54) is 0 Å². The molecule has 0 saturated carbocycles. The molecule has 0 radical (unpaired) electrons. The Morgan fingerprint density at radius 2 is 2.23 bits per heavy atom. The molecule has 13 heavy (non-hydrogen) atoms. The standard InChI is InChI=1S/C10H13ClOS/c1-8-3-4-9(7-10(8)11)12-5-6-13-2/h3-4,7H,5-6H2,1-2H3. The van der Waals surface area contributed by atoms with E-state index in [0.717, 1.165) is 28.7 Å². The summed E-state index contributed by atoms with van der Waals surface area (Å²) in [6.45, 7) is 2.72. The molecule has 0 saturated heterocycles. The molecule has 0 spiro atoms. The fourth-order valence-electron chi connectivity index (χ4n) is 0.906. The quantitative estimate of drug-likeness (QED) is 0.714. The van der Waals surface area contributed by atoms with Crippen molar-refractivity contribution in [1.29, 1.82) is 0 Å². The highest BCUT2D eigenvalue weighted by molar-refractivity contribution is 7.98. The van der Waals surface area contributed by atoms with E-state index in [9.17, 15) is 0 Å². The zero-order valence-corrected chi connectivity index (χ0v) is 9.41. The van der Waals surface area contributed by atoms with Gasteiger partial charge in [0.15, 0.2) is 0 Å². The van der Waals surface area contributed by atoms with Crippen molar-refractivity contribution in [2.24, 2.45) is 0 Å². The molecule has 1 nitrogen and oxygen atoms in total. The maximum absolute atomic E-state index is 5.94.